The van der Waals surface area contributed by atoms with E-state index in [1.807, 2.05) is 0 Å². The fourth-order valence-electron chi connectivity index (χ4n) is 6.23. The molecule has 3 aliphatic rings. The number of carbonyl (C=O) groups is 4. The number of hydrogen-bond acceptors (Lipinski definition) is 11. The maximum absolute atomic E-state index is 14.0. The SMILES string of the molecule is CCOC(=O)NCc1cc(N(C)C)c2c(c1O)C(O)=C1C(=O)C3(O)C(O)=C(C(N)=O)C(=O)C(N(C)C)C3CC1C2. The zero-order chi connectivity index (χ0) is 29.8. The van der Waals surface area contributed by atoms with Crippen LogP contribution in [0.25, 0.3) is 5.76 Å². The van der Waals surface area contributed by atoms with Crippen molar-refractivity contribution in [3.63, 3.8) is 0 Å². The highest BCUT2D eigenvalue weighted by Gasteiger charge is 2.64. The first kappa shape index (κ1) is 28.9. The molecule has 40 heavy (non-hydrogen) atoms. The van der Waals surface area contributed by atoms with Gasteiger partial charge in [-0.2, -0.15) is 0 Å². The summed E-state index contributed by atoms with van der Waals surface area (Å²) in [5.74, 6) is -7.17. The summed E-state index contributed by atoms with van der Waals surface area (Å²) >= 11 is 0. The number of ether oxygens (including phenoxy) is 1. The fraction of sp³-hybridized carbons (Fsp3) is 0.481. The Balaban J connectivity index is 1.92. The van der Waals surface area contributed by atoms with Gasteiger partial charge in [0, 0.05) is 43.4 Å². The highest BCUT2D eigenvalue weighted by molar-refractivity contribution is 6.24. The smallest absolute Gasteiger partial charge is 0.407 e. The highest BCUT2D eigenvalue weighted by atomic mass is 16.5. The van der Waals surface area contributed by atoms with E-state index in [1.165, 1.54) is 4.90 Å². The van der Waals surface area contributed by atoms with E-state index in [4.69, 9.17) is 10.5 Å². The number of phenolic OH excluding ortho intramolecular Hbond substituents is 1. The molecule has 4 rings (SSSR count). The van der Waals surface area contributed by atoms with Crippen molar-refractivity contribution in [2.75, 3.05) is 39.7 Å². The molecule has 1 aromatic rings. The predicted molar refractivity (Wildman–Crippen MR) is 142 cm³/mol. The monoisotopic (exact) mass is 558 g/mol. The van der Waals surface area contributed by atoms with Crippen molar-refractivity contribution in [3.8, 4) is 5.75 Å². The molecule has 13 nitrogen and oxygen atoms in total. The number of likely N-dealkylation sites (N-methyl/N-ethyl adjacent to an activating group) is 1. The second-order valence-corrected chi connectivity index (χ2v) is 10.7. The zero-order valence-corrected chi connectivity index (χ0v) is 22.9. The molecular formula is C27H34N4O9. The average molecular weight is 559 g/mol. The number of amides is 2. The summed E-state index contributed by atoms with van der Waals surface area (Å²) < 4.78 is 4.87. The van der Waals surface area contributed by atoms with Crippen LogP contribution in [0.2, 0.25) is 0 Å². The standard InChI is InChI=1S/C27H34N4O9/c1-6-40-26(38)29-10-12-9-15(30(2)3)13-7-11-8-14-19(31(4)5)22(34)18(25(28)37)24(36)27(14,39)23(35)16(11)21(33)17(13)20(12)32/h9,11,14,19,32-33,36,39H,6-8,10H2,1-5H3,(H2,28,37)(H,29,38). The van der Waals surface area contributed by atoms with E-state index in [-0.39, 0.29) is 48.4 Å². The molecule has 2 amide bonds. The molecule has 1 fully saturated rings. The van der Waals surface area contributed by atoms with E-state index in [0.29, 0.717) is 11.3 Å². The number of nitrogens with two attached hydrogens (primary N) is 1. The second kappa shape index (κ2) is 10.1. The van der Waals surface area contributed by atoms with Crippen molar-refractivity contribution in [2.24, 2.45) is 17.6 Å². The van der Waals surface area contributed by atoms with Crippen LogP contribution in [-0.2, 0) is 32.1 Å². The Kier molecular flexibility index (Phi) is 7.32. The summed E-state index contributed by atoms with van der Waals surface area (Å²) in [5, 5.41) is 47.9. The number of anilines is 1. The van der Waals surface area contributed by atoms with Crippen molar-refractivity contribution >= 4 is 35.0 Å². The second-order valence-electron chi connectivity index (χ2n) is 10.7. The lowest BCUT2D eigenvalue weighted by atomic mass is 9.57. The first-order valence-corrected chi connectivity index (χ1v) is 12.8. The number of alkyl carbamates (subject to hydrolysis) is 1. The zero-order valence-electron chi connectivity index (χ0n) is 22.9. The summed E-state index contributed by atoms with van der Waals surface area (Å²) in [5.41, 5.74) is 2.83. The maximum atomic E-state index is 14.0. The molecule has 4 unspecified atom stereocenters. The summed E-state index contributed by atoms with van der Waals surface area (Å²) in [4.78, 5) is 54.4. The molecule has 3 aliphatic carbocycles. The van der Waals surface area contributed by atoms with E-state index >= 15 is 0 Å². The third kappa shape index (κ3) is 4.16. The number of nitrogens with one attached hydrogen (secondary N) is 1. The maximum Gasteiger partial charge on any atom is 0.407 e. The number of benzene rings is 1. The van der Waals surface area contributed by atoms with Gasteiger partial charge in [-0.05, 0) is 51.4 Å². The Bertz CT molecular complexity index is 1380. The largest absolute Gasteiger partial charge is 0.508 e. The fourth-order valence-corrected chi connectivity index (χ4v) is 6.23. The van der Waals surface area contributed by atoms with E-state index in [1.54, 1.807) is 46.1 Å². The quantitative estimate of drug-likeness (QED) is 0.262. The van der Waals surface area contributed by atoms with E-state index < -0.39 is 64.1 Å². The molecule has 1 saturated carbocycles. The van der Waals surface area contributed by atoms with Crippen molar-refractivity contribution in [1.29, 1.82) is 0 Å². The number of aromatic hydroxyl groups is 1. The van der Waals surface area contributed by atoms with Gasteiger partial charge in [0.05, 0.1) is 18.2 Å². The molecule has 13 heteroatoms. The molecule has 0 aromatic heterocycles. The first-order valence-electron chi connectivity index (χ1n) is 12.8. The lowest BCUT2D eigenvalue weighted by molar-refractivity contribution is -0.153. The molecule has 0 radical (unpaired) electrons. The molecule has 7 N–H and O–H groups in total. The van der Waals surface area contributed by atoms with Gasteiger partial charge in [-0.3, -0.25) is 19.3 Å². The van der Waals surface area contributed by atoms with Crippen LogP contribution >= 0.6 is 0 Å². The van der Waals surface area contributed by atoms with Gasteiger partial charge >= 0.3 is 6.09 Å². The first-order chi connectivity index (χ1) is 18.7. The minimum absolute atomic E-state index is 0.00838. The molecule has 0 bridgehead atoms. The van der Waals surface area contributed by atoms with Gasteiger partial charge in [0.2, 0.25) is 5.78 Å². The van der Waals surface area contributed by atoms with Crippen LogP contribution in [0.1, 0.15) is 30.0 Å². The number of hydrogen-bond donors (Lipinski definition) is 6. The van der Waals surface area contributed by atoms with Crippen molar-refractivity contribution in [2.45, 2.75) is 38.0 Å². The number of carbonyl (C=O) groups excluding carboxylic acids is 4. The highest BCUT2D eigenvalue weighted by Crippen LogP contribution is 2.54. The van der Waals surface area contributed by atoms with Crippen LogP contribution in [0.5, 0.6) is 5.75 Å². The molecular weight excluding hydrogens is 524 g/mol. The van der Waals surface area contributed by atoms with Crippen molar-refractivity contribution < 1.29 is 44.3 Å². The molecule has 0 heterocycles. The number of aliphatic hydroxyl groups is 3. The summed E-state index contributed by atoms with van der Waals surface area (Å²) in [6.45, 7) is 1.63. The van der Waals surface area contributed by atoms with E-state index in [9.17, 15) is 39.6 Å². The normalized spacial score (nSPS) is 25.8. The van der Waals surface area contributed by atoms with Gasteiger partial charge < -0.3 is 41.1 Å². The topological polar surface area (TPSA) is 203 Å². The Morgan fingerprint density at radius 3 is 2.38 bits per heavy atom. The number of primary amides is 1. The number of phenols is 1. The molecule has 0 aliphatic heterocycles. The van der Waals surface area contributed by atoms with Crippen molar-refractivity contribution in [1.82, 2.24) is 10.2 Å². The Morgan fingerprint density at radius 1 is 1.18 bits per heavy atom. The molecule has 4 atom stereocenters. The van der Waals surface area contributed by atoms with Gasteiger partial charge in [0.1, 0.15) is 22.8 Å². The van der Waals surface area contributed by atoms with Crippen LogP contribution in [0.3, 0.4) is 0 Å². The van der Waals surface area contributed by atoms with Gasteiger partial charge in [-0.1, -0.05) is 0 Å². The lowest BCUT2D eigenvalue weighted by Crippen LogP contribution is -2.65. The van der Waals surface area contributed by atoms with Crippen LogP contribution in [0.15, 0.2) is 23.0 Å². The third-order valence-electron chi connectivity index (χ3n) is 7.96. The van der Waals surface area contributed by atoms with Crippen molar-refractivity contribution in [3.05, 3.63) is 39.7 Å². The van der Waals surface area contributed by atoms with E-state index in [0.717, 1.165) is 0 Å². The number of aliphatic hydroxyl groups excluding tert-OH is 2. The Morgan fingerprint density at radius 2 is 1.82 bits per heavy atom. The summed E-state index contributed by atoms with van der Waals surface area (Å²) in [7, 11) is 6.60. The van der Waals surface area contributed by atoms with Crippen LogP contribution in [0.4, 0.5) is 10.5 Å². The minimum atomic E-state index is -2.71. The van der Waals surface area contributed by atoms with Gasteiger partial charge in [0.15, 0.2) is 11.4 Å². The molecule has 216 valence electrons. The number of Topliss-reactive ketones (excluding diaryl/α,β-unsaturated/α-hetero) is 2. The summed E-state index contributed by atoms with van der Waals surface area (Å²) in [6, 6.07) is 0.496. The van der Waals surface area contributed by atoms with Gasteiger partial charge in [-0.25, -0.2) is 4.79 Å². The Labute approximate surface area is 230 Å². The molecule has 1 aromatic carbocycles. The number of rotatable bonds is 6. The lowest BCUT2D eigenvalue weighted by Gasteiger charge is -2.50. The predicted octanol–water partition coefficient (Wildman–Crippen LogP) is 0.276. The minimum Gasteiger partial charge on any atom is -0.508 e. The Hall–Kier alpha value is -4.10. The third-order valence-corrected chi connectivity index (χ3v) is 7.96. The molecule has 0 saturated heterocycles. The van der Waals surface area contributed by atoms with Crippen LogP contribution < -0.4 is 16.0 Å². The number of nitrogens with zero attached hydrogens (tertiary/aromatic N) is 2. The number of ketones is 2. The molecule has 0 spiro atoms. The van der Waals surface area contributed by atoms with Crippen LogP contribution in [0, 0.1) is 11.8 Å². The van der Waals surface area contributed by atoms with E-state index in [2.05, 4.69) is 5.32 Å². The van der Waals surface area contributed by atoms with Crippen LogP contribution in [-0.4, -0.2) is 95.3 Å². The van der Waals surface area contributed by atoms with Gasteiger partial charge in [0.25, 0.3) is 5.91 Å². The summed E-state index contributed by atoms with van der Waals surface area (Å²) in [6.07, 6.45) is -0.563. The average Bonchev–Trinajstić information content (AvgIpc) is 2.85. The van der Waals surface area contributed by atoms with Gasteiger partial charge in [-0.15, -0.1) is 0 Å². The number of fused-ring (bicyclic) bond motifs is 3.